The fourth-order valence-electron chi connectivity index (χ4n) is 3.08. The summed E-state index contributed by atoms with van der Waals surface area (Å²) in [5.74, 6) is 0. The third-order valence-electron chi connectivity index (χ3n) is 3.97. The number of anilines is 1. The second-order valence-corrected chi connectivity index (χ2v) is 6.19. The van der Waals surface area contributed by atoms with E-state index in [2.05, 4.69) is 36.9 Å². The Bertz CT molecular complexity index is 595. The maximum absolute atomic E-state index is 5.82. The molecule has 2 aromatic heterocycles. The molecule has 3 rings (SSSR count). The normalized spacial score (nSPS) is 15.9. The largest absolute Gasteiger partial charge is 0.365 e. The maximum atomic E-state index is 5.82. The molecule has 20 heavy (non-hydrogen) atoms. The first-order valence-electron chi connectivity index (χ1n) is 7.16. The lowest BCUT2D eigenvalue weighted by Gasteiger charge is -2.31. The van der Waals surface area contributed by atoms with Gasteiger partial charge in [-0.05, 0) is 40.9 Å². The average Bonchev–Trinajstić information content (AvgIpc) is 2.98. The third-order valence-corrected chi connectivity index (χ3v) is 4.40. The van der Waals surface area contributed by atoms with Gasteiger partial charge >= 0.3 is 0 Å². The molecule has 1 fully saturated rings. The van der Waals surface area contributed by atoms with Crippen molar-refractivity contribution in [1.82, 2.24) is 9.97 Å². The van der Waals surface area contributed by atoms with Gasteiger partial charge in [-0.1, -0.05) is 12.8 Å². The molecule has 0 spiro atoms. The lowest BCUT2D eigenvalue weighted by atomic mass is 10.1. The summed E-state index contributed by atoms with van der Waals surface area (Å²) in [5.41, 5.74) is 8.88. The van der Waals surface area contributed by atoms with Crippen molar-refractivity contribution in [2.45, 2.75) is 31.7 Å². The second-order valence-electron chi connectivity index (χ2n) is 5.27. The van der Waals surface area contributed by atoms with E-state index in [1.54, 1.807) is 0 Å². The zero-order valence-electron chi connectivity index (χ0n) is 11.4. The molecule has 0 amide bonds. The van der Waals surface area contributed by atoms with Crippen LogP contribution in [0.2, 0.25) is 0 Å². The number of rotatable bonds is 4. The van der Waals surface area contributed by atoms with E-state index in [0.717, 1.165) is 22.1 Å². The molecule has 4 nitrogen and oxygen atoms in total. The van der Waals surface area contributed by atoms with Crippen molar-refractivity contribution in [1.29, 1.82) is 0 Å². The Kier molecular flexibility index (Phi) is 4.17. The molecule has 0 aliphatic heterocycles. The molecule has 0 unspecified atom stereocenters. The van der Waals surface area contributed by atoms with Crippen LogP contribution in [-0.4, -0.2) is 29.1 Å². The van der Waals surface area contributed by atoms with Gasteiger partial charge in [0.25, 0.3) is 0 Å². The number of nitrogens with zero attached hydrogens (tertiary/aromatic N) is 3. The molecule has 2 N–H and O–H groups in total. The zero-order chi connectivity index (χ0) is 13.9. The summed E-state index contributed by atoms with van der Waals surface area (Å²) in [5, 5.41) is 0. The van der Waals surface area contributed by atoms with Crippen molar-refractivity contribution in [3.05, 3.63) is 29.0 Å². The summed E-state index contributed by atoms with van der Waals surface area (Å²) in [6.45, 7) is 1.54. The molecule has 1 aliphatic rings. The van der Waals surface area contributed by atoms with E-state index in [0.29, 0.717) is 12.6 Å². The summed E-state index contributed by atoms with van der Waals surface area (Å²) >= 11 is 3.45. The molecule has 5 heteroatoms. The Morgan fingerprint density at radius 3 is 2.85 bits per heavy atom. The summed E-state index contributed by atoms with van der Waals surface area (Å²) < 4.78 is 0.959. The van der Waals surface area contributed by atoms with Crippen LogP contribution < -0.4 is 10.6 Å². The standard InChI is InChI=1S/C15H19BrN4/c16-11-9-13-15(19-10-11)14(5-7-18-13)20(8-6-17)12-3-1-2-4-12/h5,7,9-10,12H,1-4,6,8,17H2. The summed E-state index contributed by atoms with van der Waals surface area (Å²) in [4.78, 5) is 11.4. The van der Waals surface area contributed by atoms with Crippen molar-refractivity contribution < 1.29 is 0 Å². The molecule has 0 bridgehead atoms. The van der Waals surface area contributed by atoms with Crippen LogP contribution in [0.4, 0.5) is 5.69 Å². The predicted molar refractivity (Wildman–Crippen MR) is 85.9 cm³/mol. The van der Waals surface area contributed by atoms with Crippen LogP contribution in [0.3, 0.4) is 0 Å². The van der Waals surface area contributed by atoms with E-state index in [9.17, 15) is 0 Å². The van der Waals surface area contributed by atoms with Crippen molar-refractivity contribution >= 4 is 32.7 Å². The smallest absolute Gasteiger partial charge is 0.112 e. The molecule has 0 saturated heterocycles. The van der Waals surface area contributed by atoms with Gasteiger partial charge in [0, 0.05) is 36.0 Å². The lowest BCUT2D eigenvalue weighted by molar-refractivity contribution is 0.610. The van der Waals surface area contributed by atoms with Gasteiger partial charge in [-0.25, -0.2) is 0 Å². The van der Waals surface area contributed by atoms with Gasteiger partial charge < -0.3 is 10.6 Å². The van der Waals surface area contributed by atoms with Crippen molar-refractivity contribution in [3.8, 4) is 0 Å². The van der Waals surface area contributed by atoms with Gasteiger partial charge in [-0.15, -0.1) is 0 Å². The minimum absolute atomic E-state index is 0.592. The van der Waals surface area contributed by atoms with Crippen LogP contribution in [0.5, 0.6) is 0 Å². The number of fused-ring (bicyclic) bond motifs is 1. The number of aromatic nitrogens is 2. The Morgan fingerprint density at radius 1 is 1.30 bits per heavy atom. The van der Waals surface area contributed by atoms with Gasteiger partial charge in [0.2, 0.25) is 0 Å². The van der Waals surface area contributed by atoms with Gasteiger partial charge in [0.15, 0.2) is 0 Å². The molecule has 0 aromatic carbocycles. The van der Waals surface area contributed by atoms with E-state index in [1.807, 2.05) is 18.5 Å². The minimum Gasteiger partial charge on any atom is -0.365 e. The number of hydrogen-bond donors (Lipinski definition) is 1. The monoisotopic (exact) mass is 334 g/mol. The van der Waals surface area contributed by atoms with E-state index in [4.69, 9.17) is 5.73 Å². The lowest BCUT2D eigenvalue weighted by Crippen LogP contribution is -2.37. The highest BCUT2D eigenvalue weighted by atomic mass is 79.9. The van der Waals surface area contributed by atoms with Crippen molar-refractivity contribution in [3.63, 3.8) is 0 Å². The fraction of sp³-hybridized carbons (Fsp3) is 0.467. The quantitative estimate of drug-likeness (QED) is 0.933. The summed E-state index contributed by atoms with van der Waals surface area (Å²) in [7, 11) is 0. The van der Waals surface area contributed by atoms with Gasteiger partial charge in [-0.2, -0.15) is 0 Å². The molecule has 0 radical (unpaired) electrons. The maximum Gasteiger partial charge on any atom is 0.112 e. The first-order chi connectivity index (χ1) is 9.79. The SMILES string of the molecule is NCCN(c1ccnc2cc(Br)cnc12)C1CCCC1. The third kappa shape index (κ3) is 2.65. The molecular formula is C15H19BrN4. The Balaban J connectivity index is 2.05. The van der Waals surface area contributed by atoms with Gasteiger partial charge in [0.1, 0.15) is 5.52 Å². The van der Waals surface area contributed by atoms with Crippen molar-refractivity contribution in [2.75, 3.05) is 18.0 Å². The molecule has 0 atom stereocenters. The zero-order valence-corrected chi connectivity index (χ0v) is 13.0. The van der Waals surface area contributed by atoms with Crippen LogP contribution in [0.25, 0.3) is 11.0 Å². The number of hydrogen-bond acceptors (Lipinski definition) is 4. The number of halogens is 1. The molecule has 106 valence electrons. The number of nitrogens with two attached hydrogens (primary N) is 1. The molecule has 2 aromatic rings. The number of pyridine rings is 2. The van der Waals surface area contributed by atoms with Crippen LogP contribution in [0.1, 0.15) is 25.7 Å². The Hall–Kier alpha value is -1.20. The van der Waals surface area contributed by atoms with Crippen LogP contribution in [0, 0.1) is 0 Å². The highest BCUT2D eigenvalue weighted by molar-refractivity contribution is 9.10. The van der Waals surface area contributed by atoms with Crippen LogP contribution >= 0.6 is 15.9 Å². The summed E-state index contributed by atoms with van der Waals surface area (Å²) in [6, 6.07) is 4.67. The fourth-order valence-corrected chi connectivity index (χ4v) is 3.40. The topological polar surface area (TPSA) is 55.0 Å². The molecule has 1 saturated carbocycles. The minimum atomic E-state index is 0.592. The molecule has 1 aliphatic carbocycles. The van der Waals surface area contributed by atoms with Crippen molar-refractivity contribution in [2.24, 2.45) is 5.73 Å². The van der Waals surface area contributed by atoms with E-state index in [-0.39, 0.29) is 0 Å². The Morgan fingerprint density at radius 2 is 2.10 bits per heavy atom. The Labute approximate surface area is 127 Å². The highest BCUT2D eigenvalue weighted by Gasteiger charge is 2.24. The predicted octanol–water partition coefficient (Wildman–Crippen LogP) is 3.10. The highest BCUT2D eigenvalue weighted by Crippen LogP contribution is 2.31. The van der Waals surface area contributed by atoms with Crippen LogP contribution in [0.15, 0.2) is 29.0 Å². The van der Waals surface area contributed by atoms with E-state index < -0.39 is 0 Å². The average molecular weight is 335 g/mol. The first kappa shape index (κ1) is 13.8. The van der Waals surface area contributed by atoms with Gasteiger partial charge in [-0.3, -0.25) is 9.97 Å². The first-order valence-corrected chi connectivity index (χ1v) is 7.96. The van der Waals surface area contributed by atoms with Crippen LogP contribution in [-0.2, 0) is 0 Å². The van der Waals surface area contributed by atoms with Gasteiger partial charge in [0.05, 0.1) is 11.2 Å². The van der Waals surface area contributed by atoms with E-state index >= 15 is 0 Å². The molecule has 2 heterocycles. The second kappa shape index (κ2) is 6.06. The van der Waals surface area contributed by atoms with E-state index in [1.165, 1.54) is 31.4 Å². The summed E-state index contributed by atoms with van der Waals surface area (Å²) in [6.07, 6.45) is 8.83. The molecular weight excluding hydrogens is 316 g/mol.